The smallest absolute Gasteiger partial charge is 0.319 e. The molecule has 0 spiro atoms. The number of hydrogen-bond donors (Lipinski definition) is 4. The van der Waals surface area contributed by atoms with Crippen LogP contribution in [0.25, 0.3) is 0 Å². The van der Waals surface area contributed by atoms with E-state index in [2.05, 4.69) is 41.6 Å². The third-order valence-corrected chi connectivity index (χ3v) is 3.10. The summed E-state index contributed by atoms with van der Waals surface area (Å²) in [6, 6.07) is 8.83. The maximum atomic E-state index is 11.7. The molecule has 21 heavy (non-hydrogen) atoms. The highest BCUT2D eigenvalue weighted by atomic mass is 16.2. The van der Waals surface area contributed by atoms with Gasteiger partial charge in [-0.15, -0.1) is 0 Å². The molecule has 0 aliphatic heterocycles. The molecule has 1 aromatic carbocycles. The number of carbonyl (C=O) groups is 1. The van der Waals surface area contributed by atoms with Gasteiger partial charge in [0, 0.05) is 11.8 Å². The lowest BCUT2D eigenvalue weighted by molar-refractivity contribution is 0.251. The molecule has 0 unspecified atom stereocenters. The maximum Gasteiger partial charge on any atom is 0.319 e. The van der Waals surface area contributed by atoms with Crippen LogP contribution in [0.15, 0.2) is 35.1 Å². The SMILES string of the molecule is CC(C)(C)c1ccc(NC(=O)NCc2cc(=O)[nH][nH]2)cc1. The topological polar surface area (TPSA) is 89.8 Å². The number of rotatable bonds is 3. The van der Waals surface area contributed by atoms with E-state index in [1.54, 1.807) is 0 Å². The van der Waals surface area contributed by atoms with Gasteiger partial charge in [0.15, 0.2) is 0 Å². The number of H-pyrrole nitrogens is 2. The Kier molecular flexibility index (Phi) is 4.16. The van der Waals surface area contributed by atoms with E-state index in [0.29, 0.717) is 5.69 Å². The molecule has 112 valence electrons. The van der Waals surface area contributed by atoms with Gasteiger partial charge in [0.05, 0.1) is 12.2 Å². The van der Waals surface area contributed by atoms with E-state index in [-0.39, 0.29) is 23.6 Å². The molecule has 4 N–H and O–H groups in total. The number of aromatic nitrogens is 2. The Morgan fingerprint density at radius 1 is 1.14 bits per heavy atom. The predicted octanol–water partition coefficient (Wildman–Crippen LogP) is 2.32. The first-order valence-electron chi connectivity index (χ1n) is 6.76. The molecule has 0 saturated heterocycles. The second-order valence-electron chi connectivity index (χ2n) is 5.92. The van der Waals surface area contributed by atoms with Crippen LogP contribution in [-0.2, 0) is 12.0 Å². The van der Waals surface area contributed by atoms with Crippen LogP contribution < -0.4 is 16.2 Å². The van der Waals surface area contributed by atoms with Crippen LogP contribution in [-0.4, -0.2) is 16.2 Å². The fourth-order valence-corrected chi connectivity index (χ4v) is 1.87. The summed E-state index contributed by atoms with van der Waals surface area (Å²) < 4.78 is 0. The summed E-state index contributed by atoms with van der Waals surface area (Å²) in [5.41, 5.74) is 2.42. The standard InChI is InChI=1S/C15H20N4O2/c1-15(2,3)10-4-6-11(7-5-10)17-14(21)16-9-12-8-13(20)19-18-12/h4-8H,9H2,1-3H3,(H2,16,17,21)(H2,18,19,20). The van der Waals surface area contributed by atoms with E-state index in [1.807, 2.05) is 24.3 Å². The third kappa shape index (κ3) is 4.24. The molecule has 0 atom stereocenters. The molecule has 1 aromatic heterocycles. The minimum atomic E-state index is -0.319. The largest absolute Gasteiger partial charge is 0.332 e. The van der Waals surface area contributed by atoms with Crippen molar-refractivity contribution in [1.82, 2.24) is 15.5 Å². The van der Waals surface area contributed by atoms with Crippen LogP contribution in [0.3, 0.4) is 0 Å². The number of anilines is 1. The van der Waals surface area contributed by atoms with Gasteiger partial charge in [0.1, 0.15) is 0 Å². The number of nitrogens with one attached hydrogen (secondary N) is 4. The lowest BCUT2D eigenvalue weighted by Crippen LogP contribution is -2.28. The molecule has 6 heteroatoms. The lowest BCUT2D eigenvalue weighted by atomic mass is 9.87. The van der Waals surface area contributed by atoms with E-state index < -0.39 is 0 Å². The zero-order valence-electron chi connectivity index (χ0n) is 12.4. The van der Waals surface area contributed by atoms with E-state index in [9.17, 15) is 9.59 Å². The van der Waals surface area contributed by atoms with E-state index in [0.717, 1.165) is 5.69 Å². The van der Waals surface area contributed by atoms with Gasteiger partial charge in [0.25, 0.3) is 5.56 Å². The van der Waals surface area contributed by atoms with Gasteiger partial charge >= 0.3 is 6.03 Å². The maximum absolute atomic E-state index is 11.7. The minimum absolute atomic E-state index is 0.0843. The molecular weight excluding hydrogens is 268 g/mol. The Bertz CT molecular complexity index is 662. The number of carbonyl (C=O) groups excluding carboxylic acids is 1. The predicted molar refractivity (Wildman–Crippen MR) is 82.4 cm³/mol. The Labute approximate surface area is 122 Å². The molecule has 1 heterocycles. The number of benzene rings is 1. The average molecular weight is 288 g/mol. The Morgan fingerprint density at radius 3 is 2.33 bits per heavy atom. The monoisotopic (exact) mass is 288 g/mol. The summed E-state index contributed by atoms with van der Waals surface area (Å²) in [6.45, 7) is 6.67. The molecule has 0 aliphatic rings. The molecule has 0 radical (unpaired) electrons. The molecule has 6 nitrogen and oxygen atoms in total. The van der Waals surface area contributed by atoms with Gasteiger partial charge < -0.3 is 15.7 Å². The van der Waals surface area contributed by atoms with Crippen LogP contribution >= 0.6 is 0 Å². The zero-order chi connectivity index (χ0) is 15.5. The van der Waals surface area contributed by atoms with Crippen molar-refractivity contribution in [2.45, 2.75) is 32.7 Å². The molecule has 0 fully saturated rings. The summed E-state index contributed by atoms with van der Waals surface area (Å²) >= 11 is 0. The van der Waals surface area contributed by atoms with E-state index in [4.69, 9.17) is 0 Å². The zero-order valence-corrected chi connectivity index (χ0v) is 12.4. The van der Waals surface area contributed by atoms with Crippen molar-refractivity contribution in [3.63, 3.8) is 0 Å². The van der Waals surface area contributed by atoms with Crippen molar-refractivity contribution >= 4 is 11.7 Å². The van der Waals surface area contributed by atoms with Gasteiger partial charge in [-0.3, -0.25) is 9.89 Å². The van der Waals surface area contributed by atoms with Gasteiger partial charge in [-0.05, 0) is 23.1 Å². The summed E-state index contributed by atoms with van der Waals surface area (Å²) in [4.78, 5) is 22.7. The van der Waals surface area contributed by atoms with Gasteiger partial charge in [-0.25, -0.2) is 4.79 Å². The number of amides is 2. The van der Waals surface area contributed by atoms with Crippen molar-refractivity contribution in [2.24, 2.45) is 0 Å². The third-order valence-electron chi connectivity index (χ3n) is 3.10. The van der Waals surface area contributed by atoms with Crippen LogP contribution in [0.1, 0.15) is 32.0 Å². The summed E-state index contributed by atoms with van der Waals surface area (Å²) in [5.74, 6) is 0. The fourth-order valence-electron chi connectivity index (χ4n) is 1.87. The lowest BCUT2D eigenvalue weighted by Gasteiger charge is -2.19. The average Bonchev–Trinajstić information content (AvgIpc) is 2.82. The van der Waals surface area contributed by atoms with Gasteiger partial charge in [0.2, 0.25) is 0 Å². The summed E-state index contributed by atoms with van der Waals surface area (Å²) in [7, 11) is 0. The van der Waals surface area contributed by atoms with Crippen LogP contribution in [0.4, 0.5) is 10.5 Å². The van der Waals surface area contributed by atoms with Crippen LogP contribution in [0, 0.1) is 0 Å². The fraction of sp³-hybridized carbons (Fsp3) is 0.333. The first-order valence-corrected chi connectivity index (χ1v) is 6.76. The molecule has 2 rings (SSSR count). The first kappa shape index (κ1) is 14.9. The quantitative estimate of drug-likeness (QED) is 0.698. The van der Waals surface area contributed by atoms with Crippen molar-refractivity contribution in [3.05, 3.63) is 51.9 Å². The van der Waals surface area contributed by atoms with E-state index in [1.165, 1.54) is 11.6 Å². The highest BCUT2D eigenvalue weighted by Gasteiger charge is 2.13. The number of aromatic amines is 2. The van der Waals surface area contributed by atoms with Crippen LogP contribution in [0.5, 0.6) is 0 Å². The van der Waals surface area contributed by atoms with Crippen LogP contribution in [0.2, 0.25) is 0 Å². The second-order valence-corrected chi connectivity index (χ2v) is 5.92. The molecule has 0 saturated carbocycles. The van der Waals surface area contributed by atoms with Crippen molar-refractivity contribution in [2.75, 3.05) is 5.32 Å². The molecule has 2 aromatic rings. The van der Waals surface area contributed by atoms with Gasteiger partial charge in [-0.1, -0.05) is 32.9 Å². The first-order chi connectivity index (χ1) is 9.84. The highest BCUT2D eigenvalue weighted by Crippen LogP contribution is 2.23. The van der Waals surface area contributed by atoms with E-state index >= 15 is 0 Å². The molecule has 2 amide bonds. The summed E-state index contributed by atoms with van der Waals surface area (Å²) in [5, 5.41) is 10.5. The Balaban J connectivity index is 1.89. The Morgan fingerprint density at radius 2 is 1.81 bits per heavy atom. The second kappa shape index (κ2) is 5.87. The number of urea groups is 1. The number of hydrogen-bond acceptors (Lipinski definition) is 2. The molecule has 0 bridgehead atoms. The van der Waals surface area contributed by atoms with Crippen molar-refractivity contribution < 1.29 is 4.79 Å². The normalized spacial score (nSPS) is 11.2. The van der Waals surface area contributed by atoms with Crippen molar-refractivity contribution in [1.29, 1.82) is 0 Å². The minimum Gasteiger partial charge on any atom is -0.332 e. The highest BCUT2D eigenvalue weighted by molar-refractivity contribution is 5.89. The molecule has 0 aliphatic carbocycles. The summed E-state index contributed by atoms with van der Waals surface area (Å²) in [6.07, 6.45) is 0. The molecular formula is C15H20N4O2. The van der Waals surface area contributed by atoms with Crippen molar-refractivity contribution in [3.8, 4) is 0 Å². The Hall–Kier alpha value is -2.50. The van der Waals surface area contributed by atoms with Gasteiger partial charge in [-0.2, -0.15) is 0 Å².